The minimum atomic E-state index is -4.34. The zero-order chi connectivity index (χ0) is 13.3. The fraction of sp³-hybridized carbons (Fsp3) is 1.00. The zero-order valence-corrected chi connectivity index (χ0v) is 14.6. The summed E-state index contributed by atoms with van der Waals surface area (Å²) in [6.07, 6.45) is 3.06. The summed E-state index contributed by atoms with van der Waals surface area (Å²) < 4.78 is 31.6. The van der Waals surface area contributed by atoms with Gasteiger partial charge in [0.15, 0.2) is 0 Å². The number of nitrogens with zero attached hydrogens (tertiary/aromatic N) is 1. The van der Waals surface area contributed by atoms with Crippen molar-refractivity contribution < 1.29 is 47.6 Å². The van der Waals surface area contributed by atoms with E-state index in [1.807, 2.05) is 4.90 Å². The topological polar surface area (TPSA) is 80.7 Å². The van der Waals surface area contributed by atoms with Crippen LogP contribution in [0.5, 0.6) is 0 Å². The van der Waals surface area contributed by atoms with Crippen molar-refractivity contribution in [3.8, 4) is 0 Å². The van der Waals surface area contributed by atoms with Crippen LogP contribution >= 0.6 is 0 Å². The summed E-state index contributed by atoms with van der Waals surface area (Å²) in [5, 5.41) is 9.53. The standard InChI is InChI=1S/C11H25NO4S.Na/c1-3-5-7-12(8-6-4-2)9-11(13)10-17(14,15)16;/h11,13H,3-10H2,1-2H3,(H,14,15,16);/q;+1/p-1. The molecular weight excluding hydrogens is 265 g/mol. The molecule has 0 heterocycles. The first kappa shape index (κ1) is 21.1. The van der Waals surface area contributed by atoms with Crippen molar-refractivity contribution in [2.24, 2.45) is 0 Å². The minimum Gasteiger partial charge on any atom is -0.748 e. The molecule has 0 fully saturated rings. The van der Waals surface area contributed by atoms with E-state index in [0.29, 0.717) is 0 Å². The molecule has 0 aromatic carbocycles. The number of unbranched alkanes of at least 4 members (excludes halogenated alkanes) is 2. The molecule has 1 atom stereocenters. The Morgan fingerprint density at radius 1 is 1.17 bits per heavy atom. The Kier molecular flexibility index (Phi) is 13.7. The predicted molar refractivity (Wildman–Crippen MR) is 66.8 cm³/mol. The first-order valence-electron chi connectivity index (χ1n) is 6.23. The molecule has 0 bridgehead atoms. The fourth-order valence-corrected chi connectivity index (χ4v) is 2.22. The third-order valence-corrected chi connectivity index (χ3v) is 3.31. The maximum atomic E-state index is 10.5. The third-order valence-electron chi connectivity index (χ3n) is 2.52. The SMILES string of the molecule is CCCCN(CCCC)CC(O)CS(=O)(=O)[O-].[Na+]. The Labute approximate surface area is 133 Å². The summed E-state index contributed by atoms with van der Waals surface area (Å²) >= 11 is 0. The van der Waals surface area contributed by atoms with Gasteiger partial charge in [-0.15, -0.1) is 0 Å². The van der Waals surface area contributed by atoms with E-state index >= 15 is 0 Å². The van der Waals surface area contributed by atoms with Crippen LogP contribution in [0, 0.1) is 0 Å². The fourth-order valence-electron chi connectivity index (χ4n) is 1.64. The molecule has 104 valence electrons. The van der Waals surface area contributed by atoms with Crippen LogP contribution in [-0.4, -0.2) is 54.5 Å². The van der Waals surface area contributed by atoms with Crippen molar-refractivity contribution in [2.75, 3.05) is 25.4 Å². The molecule has 1 N–H and O–H groups in total. The van der Waals surface area contributed by atoms with Gasteiger partial charge in [0.25, 0.3) is 0 Å². The molecule has 0 aliphatic heterocycles. The van der Waals surface area contributed by atoms with Crippen molar-refractivity contribution in [3.63, 3.8) is 0 Å². The third kappa shape index (κ3) is 13.3. The smallest absolute Gasteiger partial charge is 0.748 e. The van der Waals surface area contributed by atoms with Crippen LogP contribution in [0.4, 0.5) is 0 Å². The van der Waals surface area contributed by atoms with Gasteiger partial charge in [-0.1, -0.05) is 26.7 Å². The maximum Gasteiger partial charge on any atom is 1.00 e. The zero-order valence-electron chi connectivity index (χ0n) is 11.8. The molecule has 0 spiro atoms. The van der Waals surface area contributed by atoms with Crippen LogP contribution in [0.3, 0.4) is 0 Å². The van der Waals surface area contributed by atoms with Crippen LogP contribution in [0.2, 0.25) is 0 Å². The number of hydrogen-bond donors (Lipinski definition) is 1. The first-order chi connectivity index (χ1) is 7.89. The van der Waals surface area contributed by atoms with Crippen molar-refractivity contribution in [1.82, 2.24) is 4.90 Å². The number of aliphatic hydroxyl groups is 1. The van der Waals surface area contributed by atoms with Crippen LogP contribution in [0.1, 0.15) is 39.5 Å². The largest absolute Gasteiger partial charge is 1.00 e. The van der Waals surface area contributed by atoms with Gasteiger partial charge in [0, 0.05) is 6.54 Å². The van der Waals surface area contributed by atoms with E-state index in [1.165, 1.54) is 0 Å². The van der Waals surface area contributed by atoms with Gasteiger partial charge in [-0.2, -0.15) is 0 Å². The van der Waals surface area contributed by atoms with Crippen LogP contribution < -0.4 is 29.6 Å². The molecular formula is C11H24NNaO4S. The molecule has 5 nitrogen and oxygen atoms in total. The van der Waals surface area contributed by atoms with Crippen LogP contribution in [0.15, 0.2) is 0 Å². The summed E-state index contributed by atoms with van der Waals surface area (Å²) in [5.41, 5.74) is 0. The summed E-state index contributed by atoms with van der Waals surface area (Å²) in [7, 11) is -4.34. The molecule has 7 heteroatoms. The Morgan fingerprint density at radius 2 is 1.61 bits per heavy atom. The molecule has 1 unspecified atom stereocenters. The number of hydrogen-bond acceptors (Lipinski definition) is 5. The predicted octanol–water partition coefficient (Wildman–Crippen LogP) is -2.20. The van der Waals surface area contributed by atoms with E-state index < -0.39 is 22.0 Å². The summed E-state index contributed by atoms with van der Waals surface area (Å²) in [6, 6.07) is 0. The number of rotatable bonds is 10. The minimum absolute atomic E-state index is 0. The Bertz CT molecular complexity index is 277. The van der Waals surface area contributed by atoms with Crippen molar-refractivity contribution in [3.05, 3.63) is 0 Å². The van der Waals surface area contributed by atoms with Crippen LogP contribution in [-0.2, 0) is 10.1 Å². The normalized spacial score (nSPS) is 13.4. The monoisotopic (exact) mass is 289 g/mol. The van der Waals surface area contributed by atoms with E-state index in [0.717, 1.165) is 38.8 Å². The Morgan fingerprint density at radius 3 is 1.94 bits per heavy atom. The molecule has 0 rings (SSSR count). The average Bonchev–Trinajstić information content (AvgIpc) is 2.19. The Balaban J connectivity index is 0. The molecule has 0 radical (unpaired) electrons. The molecule has 0 aliphatic rings. The number of aliphatic hydroxyl groups excluding tert-OH is 1. The summed E-state index contributed by atoms with van der Waals surface area (Å²) in [6.45, 7) is 6.10. The van der Waals surface area contributed by atoms with Gasteiger partial charge in [0.05, 0.1) is 22.0 Å². The van der Waals surface area contributed by atoms with E-state index in [2.05, 4.69) is 13.8 Å². The van der Waals surface area contributed by atoms with E-state index in [-0.39, 0.29) is 36.1 Å². The van der Waals surface area contributed by atoms with E-state index in [9.17, 15) is 18.1 Å². The van der Waals surface area contributed by atoms with Crippen molar-refractivity contribution >= 4 is 10.1 Å². The first-order valence-corrected chi connectivity index (χ1v) is 7.80. The quantitative estimate of drug-likeness (QED) is 0.365. The van der Waals surface area contributed by atoms with Gasteiger partial charge in [-0.3, -0.25) is 0 Å². The average molecular weight is 289 g/mol. The van der Waals surface area contributed by atoms with Gasteiger partial charge >= 0.3 is 29.6 Å². The van der Waals surface area contributed by atoms with Gasteiger partial charge < -0.3 is 14.6 Å². The molecule has 18 heavy (non-hydrogen) atoms. The summed E-state index contributed by atoms with van der Waals surface area (Å²) in [4.78, 5) is 2.03. The molecule has 0 saturated heterocycles. The van der Waals surface area contributed by atoms with Gasteiger partial charge in [0.2, 0.25) is 0 Å². The van der Waals surface area contributed by atoms with Gasteiger partial charge in [-0.05, 0) is 25.9 Å². The van der Waals surface area contributed by atoms with E-state index in [4.69, 9.17) is 0 Å². The molecule has 0 saturated carbocycles. The second kappa shape index (κ2) is 11.6. The molecule has 0 aromatic heterocycles. The van der Waals surface area contributed by atoms with Crippen molar-refractivity contribution in [2.45, 2.75) is 45.6 Å². The van der Waals surface area contributed by atoms with Gasteiger partial charge in [-0.25, -0.2) is 8.42 Å². The van der Waals surface area contributed by atoms with Crippen LogP contribution in [0.25, 0.3) is 0 Å². The second-order valence-corrected chi connectivity index (χ2v) is 5.83. The Hall–Kier alpha value is 0.830. The molecule has 0 amide bonds. The van der Waals surface area contributed by atoms with E-state index in [1.54, 1.807) is 0 Å². The van der Waals surface area contributed by atoms with Gasteiger partial charge in [0.1, 0.15) is 0 Å². The molecule has 0 aromatic rings. The molecule has 0 aliphatic carbocycles. The maximum absolute atomic E-state index is 10.5. The second-order valence-electron chi connectivity index (χ2n) is 4.39. The summed E-state index contributed by atoms with van der Waals surface area (Å²) in [5.74, 6) is -0.693. The van der Waals surface area contributed by atoms with Crippen molar-refractivity contribution in [1.29, 1.82) is 0 Å².